The highest BCUT2D eigenvalue weighted by molar-refractivity contribution is 5.46. The van der Waals surface area contributed by atoms with Crippen LogP contribution < -0.4 is 14.8 Å². The normalized spacial score (nSPS) is 11.2. The van der Waals surface area contributed by atoms with Crippen molar-refractivity contribution >= 4 is 0 Å². The van der Waals surface area contributed by atoms with E-state index >= 15 is 0 Å². The number of alkyl halides is 2. The molecule has 0 atom stereocenters. The lowest BCUT2D eigenvalue weighted by molar-refractivity contribution is -0.0518. The predicted octanol–water partition coefficient (Wildman–Crippen LogP) is 4.21. The van der Waals surface area contributed by atoms with Gasteiger partial charge in [-0.25, -0.2) is 0 Å². The SMILES string of the molecule is COc1cccc(CNCCCCC(C)C)c1OC(F)F. The molecule has 3 nitrogen and oxygen atoms in total. The first-order chi connectivity index (χ1) is 10.0. The summed E-state index contributed by atoms with van der Waals surface area (Å²) >= 11 is 0. The number of benzene rings is 1. The molecule has 0 bridgehead atoms. The summed E-state index contributed by atoms with van der Waals surface area (Å²) in [6.07, 6.45) is 3.46. The topological polar surface area (TPSA) is 30.5 Å². The second kappa shape index (κ2) is 9.55. The highest BCUT2D eigenvalue weighted by Gasteiger charge is 2.14. The van der Waals surface area contributed by atoms with Crippen molar-refractivity contribution in [2.24, 2.45) is 5.92 Å². The van der Waals surface area contributed by atoms with E-state index in [9.17, 15) is 8.78 Å². The number of para-hydroxylation sites is 1. The quantitative estimate of drug-likeness (QED) is 0.657. The van der Waals surface area contributed by atoms with E-state index in [-0.39, 0.29) is 5.75 Å². The Bertz CT molecular complexity index is 411. The first-order valence-corrected chi connectivity index (χ1v) is 7.36. The molecule has 0 aliphatic heterocycles. The van der Waals surface area contributed by atoms with Crippen LogP contribution in [0.4, 0.5) is 8.78 Å². The average Bonchev–Trinajstić information content (AvgIpc) is 2.43. The summed E-state index contributed by atoms with van der Waals surface area (Å²) in [5.41, 5.74) is 0.679. The third kappa shape index (κ3) is 6.76. The molecule has 1 rings (SSSR count). The van der Waals surface area contributed by atoms with Gasteiger partial charge in [-0.2, -0.15) is 8.78 Å². The highest BCUT2D eigenvalue weighted by Crippen LogP contribution is 2.32. The van der Waals surface area contributed by atoms with Gasteiger partial charge in [-0.05, 0) is 24.9 Å². The number of rotatable bonds is 10. The minimum absolute atomic E-state index is 0.115. The lowest BCUT2D eigenvalue weighted by Gasteiger charge is -2.15. The van der Waals surface area contributed by atoms with Crippen molar-refractivity contribution in [1.82, 2.24) is 5.32 Å². The molecule has 0 unspecified atom stereocenters. The zero-order valence-corrected chi connectivity index (χ0v) is 13.0. The molecule has 0 radical (unpaired) electrons. The van der Waals surface area contributed by atoms with Crippen LogP contribution in [0.1, 0.15) is 38.7 Å². The van der Waals surface area contributed by atoms with Gasteiger partial charge in [-0.15, -0.1) is 0 Å². The van der Waals surface area contributed by atoms with E-state index in [4.69, 9.17) is 4.74 Å². The molecular formula is C16H25F2NO2. The van der Waals surface area contributed by atoms with Gasteiger partial charge in [0.1, 0.15) is 0 Å². The molecule has 0 aliphatic rings. The molecule has 21 heavy (non-hydrogen) atoms. The van der Waals surface area contributed by atoms with Gasteiger partial charge in [0, 0.05) is 12.1 Å². The molecule has 0 aliphatic carbocycles. The minimum Gasteiger partial charge on any atom is -0.493 e. The molecule has 1 aromatic carbocycles. The van der Waals surface area contributed by atoms with E-state index in [0.29, 0.717) is 17.9 Å². The number of hydrogen-bond donors (Lipinski definition) is 1. The summed E-state index contributed by atoms with van der Waals surface area (Å²) in [6.45, 7) is 2.90. The van der Waals surface area contributed by atoms with Gasteiger partial charge in [0.2, 0.25) is 0 Å². The number of hydrogen-bond acceptors (Lipinski definition) is 3. The van der Waals surface area contributed by atoms with Crippen molar-refractivity contribution in [2.45, 2.75) is 46.3 Å². The lowest BCUT2D eigenvalue weighted by Crippen LogP contribution is -2.16. The summed E-state index contributed by atoms with van der Waals surface area (Å²) in [7, 11) is 1.44. The Hall–Kier alpha value is -1.36. The zero-order chi connectivity index (χ0) is 15.7. The summed E-state index contributed by atoms with van der Waals surface area (Å²) in [5.74, 6) is 1.16. The molecule has 1 N–H and O–H groups in total. The maximum absolute atomic E-state index is 12.5. The number of unbranched alkanes of at least 4 members (excludes halogenated alkanes) is 1. The first-order valence-electron chi connectivity index (χ1n) is 7.36. The summed E-state index contributed by atoms with van der Waals surface area (Å²) in [4.78, 5) is 0. The van der Waals surface area contributed by atoms with Crippen LogP contribution in [-0.2, 0) is 6.54 Å². The maximum atomic E-state index is 12.5. The van der Waals surface area contributed by atoms with E-state index in [1.807, 2.05) is 0 Å². The standard InChI is InChI=1S/C16H25F2NO2/c1-12(2)7-4-5-10-19-11-13-8-6-9-14(20-3)15(13)21-16(17)18/h6,8-9,12,16,19H,4-5,7,10-11H2,1-3H3. The molecule has 0 aromatic heterocycles. The van der Waals surface area contributed by atoms with Crippen LogP contribution in [0.25, 0.3) is 0 Å². The molecule has 0 spiro atoms. The van der Waals surface area contributed by atoms with Crippen LogP contribution in [0.3, 0.4) is 0 Å². The molecule has 0 saturated heterocycles. The molecule has 1 aromatic rings. The zero-order valence-electron chi connectivity index (χ0n) is 13.0. The minimum atomic E-state index is -2.86. The van der Waals surface area contributed by atoms with Gasteiger partial charge >= 0.3 is 6.61 Å². The Labute approximate surface area is 125 Å². The molecule has 5 heteroatoms. The number of halogens is 2. The van der Waals surface area contributed by atoms with Gasteiger partial charge < -0.3 is 14.8 Å². The van der Waals surface area contributed by atoms with Crippen LogP contribution in [0.5, 0.6) is 11.5 Å². The van der Waals surface area contributed by atoms with Crippen LogP contribution in [0.2, 0.25) is 0 Å². The monoisotopic (exact) mass is 301 g/mol. The van der Waals surface area contributed by atoms with E-state index in [2.05, 4.69) is 23.9 Å². The largest absolute Gasteiger partial charge is 0.493 e. The van der Waals surface area contributed by atoms with Crippen LogP contribution >= 0.6 is 0 Å². The fourth-order valence-electron chi connectivity index (χ4n) is 2.11. The lowest BCUT2D eigenvalue weighted by atomic mass is 10.1. The van der Waals surface area contributed by atoms with Gasteiger partial charge in [0.15, 0.2) is 11.5 Å². The first kappa shape index (κ1) is 17.7. The van der Waals surface area contributed by atoms with Crippen molar-refractivity contribution in [2.75, 3.05) is 13.7 Å². The molecule has 0 amide bonds. The van der Waals surface area contributed by atoms with Crippen LogP contribution in [0.15, 0.2) is 18.2 Å². The summed E-state index contributed by atoms with van der Waals surface area (Å²) in [6, 6.07) is 5.15. The van der Waals surface area contributed by atoms with Crippen molar-refractivity contribution in [3.8, 4) is 11.5 Å². The third-order valence-corrected chi connectivity index (χ3v) is 3.19. The maximum Gasteiger partial charge on any atom is 0.387 e. The van der Waals surface area contributed by atoms with E-state index in [1.54, 1.807) is 18.2 Å². The Balaban J connectivity index is 2.50. The van der Waals surface area contributed by atoms with Crippen molar-refractivity contribution in [3.05, 3.63) is 23.8 Å². The van der Waals surface area contributed by atoms with Gasteiger partial charge in [0.25, 0.3) is 0 Å². The number of methoxy groups -OCH3 is 1. The van der Waals surface area contributed by atoms with Crippen LogP contribution in [-0.4, -0.2) is 20.3 Å². The number of ether oxygens (including phenoxy) is 2. The van der Waals surface area contributed by atoms with Crippen molar-refractivity contribution < 1.29 is 18.3 Å². The Morgan fingerprint density at radius 2 is 1.95 bits per heavy atom. The fraction of sp³-hybridized carbons (Fsp3) is 0.625. The predicted molar refractivity (Wildman–Crippen MR) is 80.0 cm³/mol. The van der Waals surface area contributed by atoms with Gasteiger partial charge in [-0.3, -0.25) is 0 Å². The van der Waals surface area contributed by atoms with Crippen LogP contribution in [0, 0.1) is 5.92 Å². The molecule has 0 fully saturated rings. The van der Waals surface area contributed by atoms with Crippen molar-refractivity contribution in [3.63, 3.8) is 0 Å². The molecule has 120 valence electrons. The Kier molecular flexibility index (Phi) is 8.05. The summed E-state index contributed by atoms with van der Waals surface area (Å²) < 4.78 is 34.6. The van der Waals surface area contributed by atoms with Crippen molar-refractivity contribution in [1.29, 1.82) is 0 Å². The Morgan fingerprint density at radius 1 is 1.19 bits per heavy atom. The number of nitrogens with one attached hydrogen (secondary N) is 1. The second-order valence-corrected chi connectivity index (χ2v) is 5.39. The van der Waals surface area contributed by atoms with Gasteiger partial charge in [0.05, 0.1) is 7.11 Å². The molecular weight excluding hydrogens is 276 g/mol. The van der Waals surface area contributed by atoms with E-state index < -0.39 is 6.61 Å². The molecule has 0 heterocycles. The van der Waals surface area contributed by atoms with Gasteiger partial charge in [-0.1, -0.05) is 38.8 Å². The second-order valence-electron chi connectivity index (χ2n) is 5.39. The third-order valence-electron chi connectivity index (χ3n) is 3.19. The van der Waals surface area contributed by atoms with E-state index in [1.165, 1.54) is 20.0 Å². The average molecular weight is 301 g/mol. The fourth-order valence-corrected chi connectivity index (χ4v) is 2.11. The summed E-state index contributed by atoms with van der Waals surface area (Å²) in [5, 5.41) is 3.26. The smallest absolute Gasteiger partial charge is 0.387 e. The molecule has 0 saturated carbocycles. The Morgan fingerprint density at radius 3 is 2.57 bits per heavy atom. The van der Waals surface area contributed by atoms with E-state index in [0.717, 1.165) is 18.9 Å². The highest BCUT2D eigenvalue weighted by atomic mass is 19.3.